The molecule has 1 saturated heterocycles. The molecule has 1 aliphatic carbocycles. The van der Waals surface area contributed by atoms with Crippen LogP contribution in [0.2, 0.25) is 0 Å². The van der Waals surface area contributed by atoms with Crippen molar-refractivity contribution in [1.82, 2.24) is 9.62 Å². The number of fused-ring (bicyclic) bond motifs is 1. The molecule has 3 rings (SSSR count). The Morgan fingerprint density at radius 3 is 2.67 bits per heavy atom. The first kappa shape index (κ1) is 22.1. The first-order chi connectivity index (χ1) is 14.4. The molecule has 1 fully saturated rings. The molecule has 1 aromatic rings. The van der Waals surface area contributed by atoms with Gasteiger partial charge in [-0.25, -0.2) is 8.70 Å². The van der Waals surface area contributed by atoms with Crippen LogP contribution in [0.25, 0.3) is 0 Å². The number of anilines is 1. The Hall–Kier alpha value is -2.64. The summed E-state index contributed by atoms with van der Waals surface area (Å²) in [6, 6.07) is 6.25. The second-order valence-electron chi connectivity index (χ2n) is 7.55. The third kappa shape index (κ3) is 4.74. The Bertz CT molecular complexity index is 931. The number of halogens is 1. The monoisotopic (exact) mass is 425 g/mol. The zero-order valence-electron chi connectivity index (χ0n) is 17.4. The van der Waals surface area contributed by atoms with Crippen LogP contribution in [0.15, 0.2) is 70.9 Å². The molecule has 0 aromatic heterocycles. The first-order valence-electron chi connectivity index (χ1n) is 9.87. The zero-order chi connectivity index (χ0) is 21.7. The Balaban J connectivity index is 1.84. The number of allylic oxidation sites excluding steroid dienone is 3. The van der Waals surface area contributed by atoms with Crippen LogP contribution < -0.4 is 10.6 Å². The Morgan fingerprint density at radius 1 is 1.33 bits per heavy atom. The molecule has 0 spiro atoms. The van der Waals surface area contributed by atoms with Crippen LogP contribution >= 0.6 is 11.9 Å². The first-order valence-corrected chi connectivity index (χ1v) is 10.6. The lowest BCUT2D eigenvalue weighted by Gasteiger charge is -2.45. The molecule has 158 valence electrons. The quantitative estimate of drug-likeness (QED) is 0.266. The topological polar surface area (TPSA) is 75.0 Å². The van der Waals surface area contributed by atoms with E-state index in [1.54, 1.807) is 31.0 Å². The maximum absolute atomic E-state index is 13.2. The molecule has 0 radical (unpaired) electrons. The highest BCUT2D eigenvalue weighted by Crippen LogP contribution is 2.47. The van der Waals surface area contributed by atoms with E-state index < -0.39 is 0 Å². The summed E-state index contributed by atoms with van der Waals surface area (Å²) in [5.41, 5.74) is 4.14. The smallest absolute Gasteiger partial charge is 0.123 e. The van der Waals surface area contributed by atoms with Crippen molar-refractivity contribution in [2.24, 2.45) is 5.41 Å². The van der Waals surface area contributed by atoms with Gasteiger partial charge in [-0.15, -0.1) is 6.58 Å². The number of hydrogen-bond acceptors (Lipinski definition) is 6. The van der Waals surface area contributed by atoms with Gasteiger partial charge in [-0.3, -0.25) is 0 Å². The average Bonchev–Trinajstić information content (AvgIpc) is 2.74. The van der Waals surface area contributed by atoms with Gasteiger partial charge in [-0.2, -0.15) is 0 Å². The predicted molar refractivity (Wildman–Crippen MR) is 125 cm³/mol. The number of piperidine rings is 1. The van der Waals surface area contributed by atoms with Gasteiger partial charge in [0.25, 0.3) is 0 Å². The summed E-state index contributed by atoms with van der Waals surface area (Å²) in [6.45, 7) is 7.55. The van der Waals surface area contributed by atoms with Gasteiger partial charge in [0.05, 0.1) is 4.91 Å². The van der Waals surface area contributed by atoms with Gasteiger partial charge in [-0.1, -0.05) is 11.6 Å². The van der Waals surface area contributed by atoms with Crippen LogP contribution in [-0.4, -0.2) is 36.4 Å². The molecule has 4 N–H and O–H groups in total. The van der Waals surface area contributed by atoms with Gasteiger partial charge in [0.15, 0.2) is 0 Å². The molecular weight excluding hydrogens is 397 g/mol. The third-order valence-corrected chi connectivity index (χ3v) is 6.65. The molecule has 0 saturated carbocycles. The van der Waals surface area contributed by atoms with Crippen LogP contribution in [0, 0.1) is 22.1 Å². The van der Waals surface area contributed by atoms with Gasteiger partial charge in [0.1, 0.15) is 5.82 Å². The fourth-order valence-corrected chi connectivity index (χ4v) is 4.89. The van der Waals surface area contributed by atoms with Crippen molar-refractivity contribution in [3.8, 4) is 0 Å². The Labute approximate surface area is 182 Å². The van der Waals surface area contributed by atoms with E-state index >= 15 is 0 Å². The molecule has 1 unspecified atom stereocenters. The molecule has 0 bridgehead atoms. The minimum Gasteiger partial charge on any atom is -0.393 e. The summed E-state index contributed by atoms with van der Waals surface area (Å²) >= 11 is 1.59. The minimum absolute atomic E-state index is 0.243. The molecule has 1 aromatic carbocycles. The van der Waals surface area contributed by atoms with Gasteiger partial charge >= 0.3 is 0 Å². The maximum atomic E-state index is 13.2. The van der Waals surface area contributed by atoms with Gasteiger partial charge in [0.2, 0.25) is 0 Å². The van der Waals surface area contributed by atoms with E-state index in [1.165, 1.54) is 23.9 Å². The molecule has 1 atom stereocenters. The second kappa shape index (κ2) is 9.45. The summed E-state index contributed by atoms with van der Waals surface area (Å²) in [7, 11) is 1.84. The zero-order valence-corrected chi connectivity index (χ0v) is 18.2. The molecule has 1 aliphatic heterocycles. The largest absolute Gasteiger partial charge is 0.393 e. The van der Waals surface area contributed by atoms with Gasteiger partial charge < -0.3 is 21.5 Å². The molecule has 2 aliphatic rings. The van der Waals surface area contributed by atoms with E-state index in [-0.39, 0.29) is 11.2 Å². The normalized spacial score (nSPS) is 22.1. The average molecular weight is 426 g/mol. The fraction of sp³-hybridized carbons (Fsp3) is 0.304. The molecule has 0 amide bonds. The summed E-state index contributed by atoms with van der Waals surface area (Å²) in [5, 5.41) is 22.3. The third-order valence-electron chi connectivity index (χ3n) is 5.46. The summed E-state index contributed by atoms with van der Waals surface area (Å²) < 4.78 is 15.5. The Morgan fingerprint density at radius 2 is 2.07 bits per heavy atom. The van der Waals surface area contributed by atoms with Crippen molar-refractivity contribution in [2.45, 2.75) is 19.8 Å². The lowest BCUT2D eigenvalue weighted by atomic mass is 9.69. The lowest BCUT2D eigenvalue weighted by Crippen LogP contribution is -2.42. The number of nitrogens with zero attached hydrogens (tertiary/aromatic N) is 1. The highest BCUT2D eigenvalue weighted by atomic mass is 32.2. The second-order valence-corrected chi connectivity index (χ2v) is 8.69. The van der Waals surface area contributed by atoms with Crippen molar-refractivity contribution < 1.29 is 4.39 Å². The van der Waals surface area contributed by atoms with E-state index in [2.05, 4.69) is 27.6 Å². The fourth-order valence-electron chi connectivity index (χ4n) is 3.83. The van der Waals surface area contributed by atoms with E-state index in [1.807, 2.05) is 19.3 Å². The minimum atomic E-state index is -0.272. The van der Waals surface area contributed by atoms with Gasteiger partial charge in [0, 0.05) is 55.1 Å². The van der Waals surface area contributed by atoms with Crippen molar-refractivity contribution in [1.29, 1.82) is 10.8 Å². The van der Waals surface area contributed by atoms with Gasteiger partial charge in [-0.05, 0) is 67.6 Å². The van der Waals surface area contributed by atoms with Crippen LogP contribution in [0.5, 0.6) is 0 Å². The molecular formula is C23H28FN5S. The predicted octanol–water partition coefficient (Wildman–Crippen LogP) is 5.10. The van der Waals surface area contributed by atoms with Crippen molar-refractivity contribution in [2.75, 3.05) is 25.5 Å². The SMILES string of the molecule is C=CC12CC(C=N)=C(Nc3ccc(F)cc3)C=C1CCN(S/C(=C/NC)C(C)=N)C2. The van der Waals surface area contributed by atoms with Crippen molar-refractivity contribution in [3.05, 3.63) is 76.8 Å². The van der Waals surface area contributed by atoms with E-state index in [9.17, 15) is 4.39 Å². The number of nitrogens with one attached hydrogen (secondary N) is 4. The van der Waals surface area contributed by atoms with Crippen LogP contribution in [0.3, 0.4) is 0 Å². The number of rotatable bonds is 8. The van der Waals surface area contributed by atoms with Crippen LogP contribution in [-0.2, 0) is 0 Å². The van der Waals surface area contributed by atoms with Crippen LogP contribution in [0.1, 0.15) is 19.8 Å². The standard InChI is InChI=1S/C23H28FN5S/c1-4-23-12-17(13-25)21(28-20-7-5-19(24)6-8-20)11-18(23)9-10-29(15-23)30-22(14-27-3)16(2)26/h4-8,11,13-14,25-28H,1,9-10,12,15H2,2-3H3/b22-14+,25-13?,26-16?. The highest BCUT2D eigenvalue weighted by Gasteiger charge is 2.40. The maximum Gasteiger partial charge on any atom is 0.123 e. The van der Waals surface area contributed by atoms with E-state index in [0.29, 0.717) is 12.1 Å². The summed E-state index contributed by atoms with van der Waals surface area (Å²) in [4.78, 5) is 0.890. The molecule has 7 heteroatoms. The van der Waals surface area contributed by atoms with E-state index in [0.717, 1.165) is 41.4 Å². The van der Waals surface area contributed by atoms with E-state index in [4.69, 9.17) is 10.8 Å². The molecule has 1 heterocycles. The Kier molecular flexibility index (Phi) is 6.95. The summed E-state index contributed by atoms with van der Waals surface area (Å²) in [6.07, 6.45) is 8.94. The molecule has 30 heavy (non-hydrogen) atoms. The van der Waals surface area contributed by atoms with Crippen LogP contribution in [0.4, 0.5) is 10.1 Å². The van der Waals surface area contributed by atoms with Crippen molar-refractivity contribution in [3.63, 3.8) is 0 Å². The number of hydrogen-bond donors (Lipinski definition) is 4. The number of benzene rings is 1. The van der Waals surface area contributed by atoms with Crippen molar-refractivity contribution >= 4 is 29.6 Å². The lowest BCUT2D eigenvalue weighted by molar-refractivity contribution is 0.278. The molecule has 5 nitrogen and oxygen atoms in total. The highest BCUT2D eigenvalue weighted by molar-refractivity contribution is 8.01. The summed E-state index contributed by atoms with van der Waals surface area (Å²) in [5.74, 6) is -0.272.